The normalized spacial score (nSPS) is 47.0. The van der Waals surface area contributed by atoms with Gasteiger partial charge in [-0.2, -0.15) is 0 Å². The standard InChI is InChI=1S/C81H134N6O59/c1-19-43(105)55(117)58(120)75(128-19)126-18-35-63(52(114)38(70(123)129-35)82-20(2)97)139-72-40(84-22(4)99)54(116)62(33(15-95)135-72)140-76-59(121)66(142-79-69(57(119)47(109)29(11-91)134-79)144-73-41(85-23(5)100)53(115)61(32(14-94)136-73)138-71-39(83-21(3)98)51(113)45(107)27(9-89)130-71)50(112)34(137-76)17-127-78-68(56(118)46(108)28(10-90)133-78)143-74-42(86-24(6)101)64(48(110)30(12-92)131-74)141-77-60(122)67(49(111)31(13-93)132-77)146-81(80(124)125)7-25(102)37(87-36(104)16-96)65(145-81)44(106)26(103)8-88/h19,25-35,37-79,88-96,102-103,105-123H,7-18H2,1-6H3,(H,82,97)(H,83,98)(H,84,99)(H,85,100)(H,86,101)(H,87,104)(H,124,125)/t19-,25-,26+,27+,28+,29+,30+,31+,32+,33+,34+,35+,37+,38+,39+,40+,41+,42+,43+,44+,45-,46+,47+,48+,49-,50+,51+,52+,53+,54+,55+,56-,57-,58-,59-,60+,61+,62+,63+,64+,65+,66-,67-,68-,69-,70+,71-,72-,73-,74-,75+,76-,77-,78-,79+,81-/m0/s1. The molecule has 11 heterocycles. The number of hydrogen-bond donors (Lipinski definition) is 37. The summed E-state index contributed by atoms with van der Waals surface area (Å²) in [5.74, 6) is -11.9. The van der Waals surface area contributed by atoms with Crippen LogP contribution < -0.4 is 31.9 Å². The van der Waals surface area contributed by atoms with Crippen LogP contribution in [0.15, 0.2) is 0 Å². The molecule has 0 bridgehead atoms. The lowest BCUT2D eigenvalue weighted by molar-refractivity contribution is -0.399. The predicted molar refractivity (Wildman–Crippen MR) is 449 cm³/mol. The van der Waals surface area contributed by atoms with Gasteiger partial charge >= 0.3 is 5.97 Å². The van der Waals surface area contributed by atoms with Crippen LogP contribution in [0.5, 0.6) is 0 Å². The van der Waals surface area contributed by atoms with E-state index >= 15 is 0 Å². The Morgan fingerprint density at radius 2 is 0.658 bits per heavy atom. The van der Waals surface area contributed by atoms with Gasteiger partial charge in [0.2, 0.25) is 35.4 Å². The molecule has 11 rings (SSSR count). The summed E-state index contributed by atoms with van der Waals surface area (Å²) in [5, 5.41) is 364. The van der Waals surface area contributed by atoms with Crippen molar-refractivity contribution < 1.29 is 291 Å². The van der Waals surface area contributed by atoms with Crippen molar-refractivity contribution in [1.82, 2.24) is 31.9 Å². The molecule has 11 aliphatic heterocycles. The van der Waals surface area contributed by atoms with Crippen LogP contribution in [0.2, 0.25) is 0 Å². The van der Waals surface area contributed by atoms with Gasteiger partial charge in [0.15, 0.2) is 62.9 Å². The van der Waals surface area contributed by atoms with Crippen LogP contribution in [0.1, 0.15) is 48.0 Å². The molecule has 65 heteroatoms. The van der Waals surface area contributed by atoms with Gasteiger partial charge in [-0.1, -0.05) is 0 Å². The van der Waals surface area contributed by atoms with E-state index in [-0.39, 0.29) is 0 Å². The van der Waals surface area contributed by atoms with E-state index < -0.39 is 464 Å². The fourth-order valence-electron chi connectivity index (χ4n) is 18.8. The van der Waals surface area contributed by atoms with Gasteiger partial charge in [0, 0.05) is 41.0 Å². The lowest BCUT2D eigenvalue weighted by atomic mass is 9.88. The molecule has 0 radical (unpaired) electrons. The molecule has 0 aliphatic carbocycles. The van der Waals surface area contributed by atoms with E-state index in [1.807, 2.05) is 0 Å². The minimum absolute atomic E-state index is 0.832. The lowest BCUT2D eigenvalue weighted by Gasteiger charge is -2.51. The van der Waals surface area contributed by atoms with Crippen molar-refractivity contribution in [2.45, 2.75) is 391 Å². The first-order chi connectivity index (χ1) is 68.9. The molecule has 0 unspecified atom stereocenters. The molecule has 0 spiro atoms. The molecule has 0 aromatic heterocycles. The van der Waals surface area contributed by atoms with Crippen molar-refractivity contribution in [1.29, 1.82) is 0 Å². The molecule has 6 amide bonds. The molecule has 56 atom stereocenters. The van der Waals surface area contributed by atoms with E-state index in [1.165, 1.54) is 6.92 Å². The number of rotatable bonds is 40. The van der Waals surface area contributed by atoms with E-state index in [0.29, 0.717) is 0 Å². The topological polar surface area (TPSA) is 1010 Å². The minimum atomic E-state index is -3.44. The monoisotopic (exact) mass is 2130 g/mol. The third-order valence-corrected chi connectivity index (χ3v) is 26.4. The third-order valence-electron chi connectivity index (χ3n) is 26.4. The molecule has 65 nitrogen and oxygen atoms in total. The fraction of sp³-hybridized carbons (Fsp3) is 0.914. The van der Waals surface area contributed by atoms with Crippen molar-refractivity contribution in [3.05, 3.63) is 0 Å². The average Bonchev–Trinajstić information content (AvgIpc) is 0.752. The highest BCUT2D eigenvalue weighted by Crippen LogP contribution is 2.44. The van der Waals surface area contributed by atoms with Crippen molar-refractivity contribution in [2.24, 2.45) is 0 Å². The maximum Gasteiger partial charge on any atom is 0.364 e. The number of carboxylic acids is 1. The van der Waals surface area contributed by atoms with E-state index in [4.69, 9.17) is 99.5 Å². The second kappa shape index (κ2) is 52.5. The Morgan fingerprint density at radius 3 is 1.13 bits per heavy atom. The number of hydrogen-bond acceptors (Lipinski definition) is 58. The summed E-state index contributed by atoms with van der Waals surface area (Å²) >= 11 is 0. The predicted octanol–water partition coefficient (Wildman–Crippen LogP) is -24.9. The Kier molecular flexibility index (Phi) is 43.3. The summed E-state index contributed by atoms with van der Waals surface area (Å²) in [6.45, 7) is -7.65. The number of aliphatic carboxylic acids is 1. The van der Waals surface area contributed by atoms with Gasteiger partial charge in [-0.15, -0.1) is 0 Å². The van der Waals surface area contributed by atoms with E-state index in [2.05, 4.69) is 31.9 Å². The zero-order chi connectivity index (χ0) is 108. The second-order valence-corrected chi connectivity index (χ2v) is 36.7. The van der Waals surface area contributed by atoms with Gasteiger partial charge in [0.1, 0.15) is 263 Å². The molecule has 37 N–H and O–H groups in total. The lowest BCUT2D eigenvalue weighted by Crippen LogP contribution is -2.71. The third kappa shape index (κ3) is 26.9. The van der Waals surface area contributed by atoms with Crippen molar-refractivity contribution >= 4 is 41.4 Å². The number of ether oxygens (including phenoxy) is 21. The number of carbonyl (C=O) groups is 7. The van der Waals surface area contributed by atoms with E-state index in [0.717, 1.165) is 34.6 Å². The van der Waals surface area contributed by atoms with Crippen molar-refractivity contribution in [3.63, 3.8) is 0 Å². The molecule has 11 aliphatic rings. The summed E-state index contributed by atoms with van der Waals surface area (Å²) in [7, 11) is 0. The number of carbonyl (C=O) groups excluding carboxylic acids is 6. The van der Waals surface area contributed by atoms with Crippen LogP contribution >= 0.6 is 0 Å². The maximum atomic E-state index is 13.5. The molecular weight excluding hydrogens is 2000 g/mol. The Labute approximate surface area is 825 Å². The van der Waals surface area contributed by atoms with Crippen LogP contribution in [0.25, 0.3) is 0 Å². The van der Waals surface area contributed by atoms with Crippen LogP contribution in [0.4, 0.5) is 0 Å². The molecule has 11 fully saturated rings. The van der Waals surface area contributed by atoms with Crippen LogP contribution in [0, 0.1) is 0 Å². The Morgan fingerprint density at radius 1 is 0.308 bits per heavy atom. The molecule has 842 valence electrons. The van der Waals surface area contributed by atoms with Gasteiger partial charge < -0.3 is 290 Å². The first kappa shape index (κ1) is 120. The number of aliphatic hydroxyl groups excluding tert-OH is 30. The number of carboxylic acid groups (broad SMARTS) is 1. The Hall–Kier alpha value is -5.75. The molecular formula is C81H134N6O59. The molecule has 0 aromatic carbocycles. The Bertz CT molecular complexity index is 4170. The first-order valence-electron chi connectivity index (χ1n) is 46.3. The first-order valence-corrected chi connectivity index (χ1v) is 46.3. The molecule has 146 heavy (non-hydrogen) atoms. The second-order valence-electron chi connectivity index (χ2n) is 36.7. The smallest absolute Gasteiger partial charge is 0.364 e. The quantitative estimate of drug-likeness (QED) is 0.0271. The summed E-state index contributed by atoms with van der Waals surface area (Å²) in [4.78, 5) is 91.1. The zero-order valence-electron chi connectivity index (χ0n) is 78.5. The van der Waals surface area contributed by atoms with E-state index in [9.17, 15) is 192 Å². The maximum absolute atomic E-state index is 13.5. The van der Waals surface area contributed by atoms with E-state index in [1.54, 1.807) is 0 Å². The van der Waals surface area contributed by atoms with Gasteiger partial charge in [-0.3, -0.25) is 28.8 Å². The largest absolute Gasteiger partial charge is 0.477 e. The molecule has 0 saturated carbocycles. The highest BCUT2D eigenvalue weighted by Gasteiger charge is 2.65. The minimum Gasteiger partial charge on any atom is -0.477 e. The van der Waals surface area contributed by atoms with Gasteiger partial charge in [0.25, 0.3) is 5.79 Å². The van der Waals surface area contributed by atoms with Crippen LogP contribution in [-0.2, 0) is 133 Å². The van der Waals surface area contributed by atoms with Crippen molar-refractivity contribution in [3.8, 4) is 0 Å². The zero-order valence-corrected chi connectivity index (χ0v) is 78.5. The number of nitrogens with one attached hydrogen (secondary N) is 6. The SMILES string of the molecule is CC(=O)N[C@@H]1[C@@H](O)[C@H](O[C@@H]2O[C@H](CO)[C@@H](O[C@@H]3O[C@H](CO[C@H]4O[C@H](CO)[C@@H](O)[C@H](O)[C@@H]4O[C@@H]4O[C@H](CO)[C@@H](O)[C@H](O[C@@H]5O[C@H](CO)[C@H](O)[C@H](O[C@]6(C(=O)O)C[C@H](O)[C@@H](NC(=O)CO)[C@H]([C@H](O)[C@H](O)CO)O6)[C@H]5O)[C@H]4NC(C)=O)[C@@H](O)[C@H](O[C@H]4O[C@H](CO)[C@@H](O)[C@H](O)[C@@H]4O[C@@H]4O[C@H](CO)[C@@H](O[C@@H]5O[C@H](CO)[C@H](O)[C@H](O)[C@H]5NC(C)=O)[C@H](O)[C@H]4NC(C)=O)[C@@H]3O)[C@H](O)[C@H]2NC(C)=O)[C@@H](CO[C@@H]2O[C@@H](C)[C@@H](O)[C@@H](O)[C@@H]2O)O[C@H]1O. The highest BCUT2D eigenvalue weighted by atomic mass is 16.8. The van der Waals surface area contributed by atoms with Gasteiger partial charge in [-0.25, -0.2) is 4.79 Å². The fourth-order valence-corrected chi connectivity index (χ4v) is 18.8. The molecule has 0 aromatic rings. The van der Waals surface area contributed by atoms with Crippen molar-refractivity contribution in [2.75, 3.05) is 72.7 Å². The van der Waals surface area contributed by atoms with Gasteiger partial charge in [-0.05, 0) is 6.92 Å². The summed E-state index contributed by atoms with van der Waals surface area (Å²) in [5.41, 5.74) is 0. The number of aliphatic hydroxyl groups is 30. The summed E-state index contributed by atoms with van der Waals surface area (Å²) in [6.07, 6.45) is -110. The average molecular weight is 2140 g/mol. The summed E-state index contributed by atoms with van der Waals surface area (Å²) in [6, 6.07) is -11.8. The van der Waals surface area contributed by atoms with Gasteiger partial charge in [0.05, 0.1) is 84.3 Å². The van der Waals surface area contributed by atoms with Crippen LogP contribution in [0.3, 0.4) is 0 Å². The number of amides is 6. The highest BCUT2D eigenvalue weighted by molar-refractivity contribution is 5.78. The Balaban J connectivity index is 0.937. The van der Waals surface area contributed by atoms with Crippen LogP contribution in [-0.4, -0.2) is 615 Å². The molecule has 11 saturated heterocycles. The summed E-state index contributed by atoms with van der Waals surface area (Å²) < 4.78 is 126.